The molecule has 1 aliphatic heterocycles. The van der Waals surface area contributed by atoms with E-state index in [1.165, 1.54) is 32.4 Å². The molecule has 1 unspecified atom stereocenters. The first kappa shape index (κ1) is 14.5. The molecule has 1 saturated heterocycles. The first-order chi connectivity index (χ1) is 8.18. The van der Waals surface area contributed by atoms with Crippen molar-refractivity contribution in [3.8, 4) is 0 Å². The van der Waals surface area contributed by atoms with Gasteiger partial charge in [-0.3, -0.25) is 4.79 Å². The van der Waals surface area contributed by atoms with Gasteiger partial charge in [-0.25, -0.2) is 0 Å². The van der Waals surface area contributed by atoms with Crippen LogP contribution in [0.1, 0.15) is 38.5 Å². The van der Waals surface area contributed by atoms with Crippen LogP contribution in [-0.2, 0) is 4.79 Å². The van der Waals surface area contributed by atoms with Crippen LogP contribution < -0.4 is 5.32 Å². The van der Waals surface area contributed by atoms with Gasteiger partial charge in [0.2, 0.25) is 0 Å². The van der Waals surface area contributed by atoms with Gasteiger partial charge in [0.25, 0.3) is 0 Å². The molecule has 1 atom stereocenters. The smallest absolute Gasteiger partial charge is 0.303 e. The van der Waals surface area contributed by atoms with Crippen LogP contribution in [0.2, 0.25) is 0 Å². The molecule has 0 saturated carbocycles. The molecule has 1 heterocycles. The average Bonchev–Trinajstić information content (AvgIpc) is 2.27. The van der Waals surface area contributed by atoms with E-state index in [1.807, 2.05) is 0 Å². The SMILES string of the molecule is CN1CCCC(CCNCCCCC(=O)O)C1. The lowest BCUT2D eigenvalue weighted by molar-refractivity contribution is -0.137. The van der Waals surface area contributed by atoms with Gasteiger partial charge >= 0.3 is 5.97 Å². The summed E-state index contributed by atoms with van der Waals surface area (Å²) in [4.78, 5) is 12.7. The Labute approximate surface area is 104 Å². The number of unbranched alkanes of at least 4 members (excludes halogenated alkanes) is 1. The quantitative estimate of drug-likeness (QED) is 0.634. The number of nitrogens with one attached hydrogen (secondary N) is 1. The zero-order chi connectivity index (χ0) is 12.5. The van der Waals surface area contributed by atoms with Gasteiger partial charge in [0.15, 0.2) is 0 Å². The van der Waals surface area contributed by atoms with Crippen molar-refractivity contribution < 1.29 is 9.90 Å². The molecule has 2 N–H and O–H groups in total. The summed E-state index contributed by atoms with van der Waals surface area (Å²) in [5, 5.41) is 11.9. The highest BCUT2D eigenvalue weighted by Gasteiger charge is 2.16. The number of likely N-dealkylation sites (tertiary alicyclic amines) is 1. The maximum absolute atomic E-state index is 10.3. The summed E-state index contributed by atoms with van der Waals surface area (Å²) in [6, 6.07) is 0. The summed E-state index contributed by atoms with van der Waals surface area (Å²) in [5.41, 5.74) is 0. The fourth-order valence-electron chi connectivity index (χ4n) is 2.47. The van der Waals surface area contributed by atoms with Gasteiger partial charge in [0.05, 0.1) is 0 Å². The van der Waals surface area contributed by atoms with E-state index in [1.54, 1.807) is 0 Å². The number of rotatable bonds is 8. The topological polar surface area (TPSA) is 52.6 Å². The third-order valence-electron chi connectivity index (χ3n) is 3.45. The number of hydrogen-bond acceptors (Lipinski definition) is 3. The van der Waals surface area contributed by atoms with E-state index in [0.29, 0.717) is 6.42 Å². The van der Waals surface area contributed by atoms with Crippen LogP contribution in [0.25, 0.3) is 0 Å². The molecule has 0 aromatic heterocycles. The first-order valence-electron chi connectivity index (χ1n) is 6.79. The molecule has 0 aromatic carbocycles. The standard InChI is InChI=1S/C13H26N2O2/c1-15-10-4-5-12(11-15)7-9-14-8-3-2-6-13(16)17/h12,14H,2-11H2,1H3,(H,16,17). The molecular weight excluding hydrogens is 216 g/mol. The minimum atomic E-state index is -0.685. The van der Waals surface area contributed by atoms with Crippen molar-refractivity contribution in [1.29, 1.82) is 0 Å². The molecule has 0 aromatic rings. The Morgan fingerprint density at radius 2 is 2.24 bits per heavy atom. The number of carbonyl (C=O) groups is 1. The van der Waals surface area contributed by atoms with E-state index in [2.05, 4.69) is 17.3 Å². The summed E-state index contributed by atoms with van der Waals surface area (Å²) in [6.45, 7) is 4.52. The van der Waals surface area contributed by atoms with Crippen molar-refractivity contribution in [3.63, 3.8) is 0 Å². The third-order valence-corrected chi connectivity index (χ3v) is 3.45. The van der Waals surface area contributed by atoms with Gasteiger partial charge in [0, 0.05) is 13.0 Å². The second kappa shape index (κ2) is 8.48. The van der Waals surface area contributed by atoms with Crippen LogP contribution in [0.15, 0.2) is 0 Å². The fraction of sp³-hybridized carbons (Fsp3) is 0.923. The summed E-state index contributed by atoms with van der Waals surface area (Å²) < 4.78 is 0. The zero-order valence-electron chi connectivity index (χ0n) is 11.0. The number of nitrogens with zero attached hydrogens (tertiary/aromatic N) is 1. The second-order valence-electron chi connectivity index (χ2n) is 5.16. The Morgan fingerprint density at radius 1 is 1.41 bits per heavy atom. The van der Waals surface area contributed by atoms with E-state index >= 15 is 0 Å². The molecule has 0 aliphatic carbocycles. The van der Waals surface area contributed by atoms with Crippen molar-refractivity contribution in [2.45, 2.75) is 38.5 Å². The van der Waals surface area contributed by atoms with Crippen molar-refractivity contribution in [2.75, 3.05) is 33.2 Å². The van der Waals surface area contributed by atoms with Crippen molar-refractivity contribution in [2.24, 2.45) is 5.92 Å². The predicted molar refractivity (Wildman–Crippen MR) is 69.2 cm³/mol. The molecule has 1 rings (SSSR count). The summed E-state index contributed by atoms with van der Waals surface area (Å²) >= 11 is 0. The van der Waals surface area contributed by atoms with E-state index in [0.717, 1.165) is 31.8 Å². The lowest BCUT2D eigenvalue weighted by Gasteiger charge is -2.29. The van der Waals surface area contributed by atoms with Crippen LogP contribution >= 0.6 is 0 Å². The number of carboxylic acids is 1. The predicted octanol–water partition coefficient (Wildman–Crippen LogP) is 1.56. The molecular formula is C13H26N2O2. The van der Waals surface area contributed by atoms with Crippen LogP contribution in [0, 0.1) is 5.92 Å². The van der Waals surface area contributed by atoms with Gasteiger partial charge in [-0.15, -0.1) is 0 Å². The maximum atomic E-state index is 10.3. The molecule has 4 heteroatoms. The molecule has 17 heavy (non-hydrogen) atoms. The Bertz CT molecular complexity index is 221. The van der Waals surface area contributed by atoms with E-state index in [9.17, 15) is 4.79 Å². The van der Waals surface area contributed by atoms with E-state index in [-0.39, 0.29) is 0 Å². The molecule has 0 amide bonds. The number of aliphatic carboxylic acids is 1. The molecule has 100 valence electrons. The van der Waals surface area contributed by atoms with Crippen molar-refractivity contribution in [1.82, 2.24) is 10.2 Å². The lowest BCUT2D eigenvalue weighted by atomic mass is 9.95. The maximum Gasteiger partial charge on any atom is 0.303 e. The number of carboxylic acid groups (broad SMARTS) is 1. The second-order valence-corrected chi connectivity index (χ2v) is 5.16. The summed E-state index contributed by atoms with van der Waals surface area (Å²) in [6.07, 6.45) is 6.01. The van der Waals surface area contributed by atoms with Crippen molar-refractivity contribution in [3.05, 3.63) is 0 Å². The molecule has 0 spiro atoms. The van der Waals surface area contributed by atoms with E-state index in [4.69, 9.17) is 5.11 Å². The van der Waals surface area contributed by atoms with Gasteiger partial charge in [-0.2, -0.15) is 0 Å². The largest absolute Gasteiger partial charge is 0.481 e. The van der Waals surface area contributed by atoms with Crippen LogP contribution in [0.5, 0.6) is 0 Å². The number of piperidine rings is 1. The van der Waals surface area contributed by atoms with Crippen LogP contribution in [0.4, 0.5) is 0 Å². The minimum absolute atomic E-state index is 0.301. The van der Waals surface area contributed by atoms with Gasteiger partial charge in [-0.1, -0.05) is 0 Å². The lowest BCUT2D eigenvalue weighted by Crippen LogP contribution is -2.33. The molecule has 0 radical (unpaired) electrons. The Morgan fingerprint density at radius 3 is 2.94 bits per heavy atom. The normalized spacial score (nSPS) is 21.6. The third kappa shape index (κ3) is 7.34. The van der Waals surface area contributed by atoms with Crippen LogP contribution in [-0.4, -0.2) is 49.2 Å². The van der Waals surface area contributed by atoms with Gasteiger partial charge in [-0.05, 0) is 64.7 Å². The highest BCUT2D eigenvalue weighted by atomic mass is 16.4. The fourth-order valence-corrected chi connectivity index (χ4v) is 2.47. The van der Waals surface area contributed by atoms with Crippen molar-refractivity contribution >= 4 is 5.97 Å². The minimum Gasteiger partial charge on any atom is -0.481 e. The molecule has 4 nitrogen and oxygen atoms in total. The molecule has 1 aliphatic rings. The van der Waals surface area contributed by atoms with Gasteiger partial charge < -0.3 is 15.3 Å². The Balaban J connectivity index is 1.88. The number of hydrogen-bond donors (Lipinski definition) is 2. The Hall–Kier alpha value is -0.610. The first-order valence-corrected chi connectivity index (χ1v) is 6.79. The zero-order valence-corrected chi connectivity index (χ0v) is 11.0. The van der Waals surface area contributed by atoms with Gasteiger partial charge in [0.1, 0.15) is 0 Å². The summed E-state index contributed by atoms with van der Waals surface area (Å²) in [7, 11) is 2.20. The summed E-state index contributed by atoms with van der Waals surface area (Å²) in [5.74, 6) is 0.163. The highest BCUT2D eigenvalue weighted by Crippen LogP contribution is 2.17. The molecule has 1 fully saturated rings. The monoisotopic (exact) mass is 242 g/mol. The average molecular weight is 242 g/mol. The Kier molecular flexibility index (Phi) is 7.21. The molecule has 0 bridgehead atoms. The van der Waals surface area contributed by atoms with E-state index < -0.39 is 5.97 Å². The van der Waals surface area contributed by atoms with Crippen LogP contribution in [0.3, 0.4) is 0 Å². The highest BCUT2D eigenvalue weighted by molar-refractivity contribution is 5.66.